The first-order valence-electron chi connectivity index (χ1n) is 6.65. The van der Waals surface area contributed by atoms with Crippen molar-refractivity contribution in [2.75, 3.05) is 13.2 Å². The zero-order chi connectivity index (χ0) is 12.2. The lowest BCUT2D eigenvalue weighted by Gasteiger charge is -2.18. The van der Waals surface area contributed by atoms with Crippen LogP contribution in [0, 0.1) is 0 Å². The predicted octanol–water partition coefficient (Wildman–Crippen LogP) is 2.50. The van der Waals surface area contributed by atoms with E-state index in [9.17, 15) is 5.11 Å². The van der Waals surface area contributed by atoms with E-state index in [2.05, 4.69) is 13.8 Å². The van der Waals surface area contributed by atoms with Gasteiger partial charge in [-0.15, -0.1) is 0 Å². The number of rotatable bonds is 11. The Morgan fingerprint density at radius 3 is 2.31 bits per heavy atom. The van der Waals surface area contributed by atoms with E-state index in [-0.39, 0.29) is 19.3 Å². The number of aliphatic hydroxyl groups excluding tert-OH is 2. The highest BCUT2D eigenvalue weighted by Crippen LogP contribution is 2.13. The third kappa shape index (κ3) is 9.13. The summed E-state index contributed by atoms with van der Waals surface area (Å²) in [4.78, 5) is 0. The van der Waals surface area contributed by atoms with Gasteiger partial charge in [-0.1, -0.05) is 46.0 Å². The van der Waals surface area contributed by atoms with E-state index in [4.69, 9.17) is 9.84 Å². The van der Waals surface area contributed by atoms with Gasteiger partial charge < -0.3 is 14.9 Å². The third-order valence-corrected chi connectivity index (χ3v) is 2.73. The molecule has 0 heterocycles. The van der Waals surface area contributed by atoms with Crippen molar-refractivity contribution in [1.29, 1.82) is 0 Å². The summed E-state index contributed by atoms with van der Waals surface area (Å²) in [6, 6.07) is 0. The quantitative estimate of drug-likeness (QED) is 0.538. The Morgan fingerprint density at radius 2 is 1.75 bits per heavy atom. The molecule has 0 aromatic carbocycles. The molecule has 0 saturated carbocycles. The molecule has 0 aliphatic carbocycles. The monoisotopic (exact) mass is 232 g/mol. The minimum absolute atomic E-state index is 0.214. The molecule has 2 N–H and O–H groups in total. The van der Waals surface area contributed by atoms with E-state index in [0.29, 0.717) is 0 Å². The lowest BCUT2D eigenvalue weighted by atomic mass is 10.1. The lowest BCUT2D eigenvalue weighted by molar-refractivity contribution is -0.0345. The van der Waals surface area contributed by atoms with E-state index in [1.165, 1.54) is 25.7 Å². The summed E-state index contributed by atoms with van der Waals surface area (Å²) in [5, 5.41) is 17.9. The van der Waals surface area contributed by atoms with Crippen LogP contribution in [0.3, 0.4) is 0 Å². The van der Waals surface area contributed by atoms with Gasteiger partial charge in [-0.05, 0) is 12.8 Å². The fraction of sp³-hybridized carbons (Fsp3) is 1.00. The Hall–Kier alpha value is -0.120. The molecule has 3 heteroatoms. The standard InChI is InChI=1S/C13H28O3/c1-3-5-6-7-9-13(8-4-2)16-11-12(15)10-14/h12-15H,3-11H2,1-2H3. The second kappa shape index (κ2) is 11.4. The Bertz CT molecular complexity index is 139. The molecular weight excluding hydrogens is 204 g/mol. The molecule has 0 aliphatic heterocycles. The summed E-state index contributed by atoms with van der Waals surface area (Å²) in [5.41, 5.74) is 0. The summed E-state index contributed by atoms with van der Waals surface area (Å²) in [5.74, 6) is 0. The first-order valence-corrected chi connectivity index (χ1v) is 6.65. The van der Waals surface area contributed by atoms with Crippen LogP contribution in [0.25, 0.3) is 0 Å². The molecule has 0 spiro atoms. The lowest BCUT2D eigenvalue weighted by Crippen LogP contribution is -2.24. The third-order valence-electron chi connectivity index (χ3n) is 2.73. The Labute approximate surface area is 99.8 Å². The van der Waals surface area contributed by atoms with Crippen LogP contribution in [0.4, 0.5) is 0 Å². The molecule has 0 aromatic heterocycles. The second-order valence-corrected chi connectivity index (χ2v) is 4.43. The minimum Gasteiger partial charge on any atom is -0.394 e. The molecule has 3 nitrogen and oxygen atoms in total. The highest BCUT2D eigenvalue weighted by molar-refractivity contribution is 4.60. The van der Waals surface area contributed by atoms with E-state index in [1.54, 1.807) is 0 Å². The molecule has 0 saturated heterocycles. The van der Waals surface area contributed by atoms with Crippen molar-refractivity contribution in [3.8, 4) is 0 Å². The molecule has 16 heavy (non-hydrogen) atoms. The number of aliphatic hydroxyl groups is 2. The average Bonchev–Trinajstić information content (AvgIpc) is 2.30. The van der Waals surface area contributed by atoms with Crippen molar-refractivity contribution in [3.05, 3.63) is 0 Å². The Kier molecular flexibility index (Phi) is 11.3. The molecule has 0 rings (SSSR count). The Balaban J connectivity index is 3.61. The molecule has 0 aliphatic rings. The molecule has 98 valence electrons. The van der Waals surface area contributed by atoms with Gasteiger partial charge >= 0.3 is 0 Å². The molecule has 0 fully saturated rings. The fourth-order valence-electron chi connectivity index (χ4n) is 1.73. The smallest absolute Gasteiger partial charge is 0.100 e. The number of ether oxygens (including phenoxy) is 1. The van der Waals surface area contributed by atoms with E-state index in [0.717, 1.165) is 19.3 Å². The summed E-state index contributed by atoms with van der Waals surface area (Å²) in [6.07, 6.45) is 7.76. The number of hydrogen-bond acceptors (Lipinski definition) is 3. The van der Waals surface area contributed by atoms with Crippen LogP contribution in [0.15, 0.2) is 0 Å². The predicted molar refractivity (Wildman–Crippen MR) is 66.5 cm³/mol. The molecule has 2 unspecified atom stereocenters. The summed E-state index contributed by atoms with van der Waals surface area (Å²) in [7, 11) is 0. The largest absolute Gasteiger partial charge is 0.394 e. The van der Waals surface area contributed by atoms with Gasteiger partial charge in [0.15, 0.2) is 0 Å². The first kappa shape index (κ1) is 15.9. The van der Waals surface area contributed by atoms with Crippen molar-refractivity contribution in [1.82, 2.24) is 0 Å². The fourth-order valence-corrected chi connectivity index (χ4v) is 1.73. The summed E-state index contributed by atoms with van der Waals surface area (Å²) >= 11 is 0. The minimum atomic E-state index is -0.727. The molecule has 0 aromatic rings. The summed E-state index contributed by atoms with van der Waals surface area (Å²) < 4.78 is 5.61. The second-order valence-electron chi connectivity index (χ2n) is 4.43. The van der Waals surface area contributed by atoms with Crippen molar-refractivity contribution in [2.24, 2.45) is 0 Å². The normalized spacial score (nSPS) is 15.0. The maximum absolute atomic E-state index is 9.21. The average molecular weight is 232 g/mol. The maximum atomic E-state index is 9.21. The van der Waals surface area contributed by atoms with Gasteiger partial charge in [0.1, 0.15) is 6.10 Å². The van der Waals surface area contributed by atoms with E-state index in [1.807, 2.05) is 0 Å². The molecule has 2 atom stereocenters. The molecular formula is C13H28O3. The maximum Gasteiger partial charge on any atom is 0.100 e. The van der Waals surface area contributed by atoms with Crippen molar-refractivity contribution in [2.45, 2.75) is 71.0 Å². The van der Waals surface area contributed by atoms with Gasteiger partial charge in [0.05, 0.1) is 19.3 Å². The highest BCUT2D eigenvalue weighted by Gasteiger charge is 2.10. The van der Waals surface area contributed by atoms with Crippen molar-refractivity contribution >= 4 is 0 Å². The van der Waals surface area contributed by atoms with Crippen molar-refractivity contribution in [3.63, 3.8) is 0 Å². The Morgan fingerprint density at radius 1 is 1.00 bits per heavy atom. The number of hydrogen-bond donors (Lipinski definition) is 2. The molecule has 0 bridgehead atoms. The zero-order valence-corrected chi connectivity index (χ0v) is 10.8. The first-order chi connectivity index (χ1) is 7.74. The summed E-state index contributed by atoms with van der Waals surface area (Å²) in [6.45, 7) is 4.39. The van der Waals surface area contributed by atoms with Crippen LogP contribution >= 0.6 is 0 Å². The molecule has 0 amide bonds. The van der Waals surface area contributed by atoms with Gasteiger partial charge in [-0.3, -0.25) is 0 Å². The van der Waals surface area contributed by atoms with Crippen LogP contribution in [-0.2, 0) is 4.74 Å². The van der Waals surface area contributed by atoms with E-state index >= 15 is 0 Å². The van der Waals surface area contributed by atoms with Crippen LogP contribution in [0.2, 0.25) is 0 Å². The van der Waals surface area contributed by atoms with Crippen LogP contribution < -0.4 is 0 Å². The van der Waals surface area contributed by atoms with Crippen LogP contribution in [0.5, 0.6) is 0 Å². The SMILES string of the molecule is CCCCCCC(CCC)OCC(O)CO. The molecule has 0 radical (unpaired) electrons. The highest BCUT2D eigenvalue weighted by atomic mass is 16.5. The topological polar surface area (TPSA) is 49.7 Å². The van der Waals surface area contributed by atoms with E-state index < -0.39 is 6.10 Å². The number of unbranched alkanes of at least 4 members (excludes halogenated alkanes) is 3. The zero-order valence-electron chi connectivity index (χ0n) is 10.8. The van der Waals surface area contributed by atoms with Gasteiger partial charge in [-0.2, -0.15) is 0 Å². The van der Waals surface area contributed by atoms with Crippen LogP contribution in [-0.4, -0.2) is 35.6 Å². The van der Waals surface area contributed by atoms with Gasteiger partial charge in [0, 0.05) is 0 Å². The van der Waals surface area contributed by atoms with Gasteiger partial charge in [0.25, 0.3) is 0 Å². The van der Waals surface area contributed by atoms with Gasteiger partial charge in [-0.25, -0.2) is 0 Å². The van der Waals surface area contributed by atoms with Crippen molar-refractivity contribution < 1.29 is 14.9 Å². The van der Waals surface area contributed by atoms with Crippen LogP contribution in [0.1, 0.15) is 58.8 Å². The van der Waals surface area contributed by atoms with Gasteiger partial charge in [0.2, 0.25) is 0 Å².